The van der Waals surface area contributed by atoms with Gasteiger partial charge in [0.25, 0.3) is 0 Å². The molecule has 3 heterocycles. The summed E-state index contributed by atoms with van der Waals surface area (Å²) in [7, 11) is 1.38. The van der Waals surface area contributed by atoms with Crippen LogP contribution in [0, 0.1) is 11.3 Å². The zero-order valence-electron chi connectivity index (χ0n) is 17.2. The summed E-state index contributed by atoms with van der Waals surface area (Å²) in [5, 5.41) is 15.4. The highest BCUT2D eigenvalue weighted by molar-refractivity contribution is 7.98. The number of halogens is 1. The SMILES string of the molecule is COC(=O)c1ccc2c(-c3ccsc3C#N)c(-c3cccs3)n(Sc3ccc(Cl)cc3)c2c1. The number of methoxy groups -OCH3 is 1. The Bertz CT molecular complexity index is 1510. The van der Waals surface area contributed by atoms with E-state index in [1.807, 2.05) is 59.3 Å². The van der Waals surface area contributed by atoms with Crippen LogP contribution in [0.1, 0.15) is 15.2 Å². The highest BCUT2D eigenvalue weighted by Gasteiger charge is 2.25. The van der Waals surface area contributed by atoms with E-state index in [1.165, 1.54) is 18.4 Å². The van der Waals surface area contributed by atoms with Crippen LogP contribution < -0.4 is 0 Å². The van der Waals surface area contributed by atoms with Crippen LogP contribution in [0.5, 0.6) is 0 Å². The van der Waals surface area contributed by atoms with Crippen molar-refractivity contribution in [2.75, 3.05) is 7.11 Å². The molecule has 0 amide bonds. The number of carbonyl (C=O) groups excluding carboxylic acids is 1. The number of benzene rings is 2. The number of esters is 1. The molecule has 0 radical (unpaired) electrons. The van der Waals surface area contributed by atoms with Gasteiger partial charge >= 0.3 is 5.97 Å². The van der Waals surface area contributed by atoms with Crippen LogP contribution in [0.4, 0.5) is 0 Å². The van der Waals surface area contributed by atoms with E-state index >= 15 is 0 Å². The van der Waals surface area contributed by atoms with Crippen molar-refractivity contribution in [2.24, 2.45) is 0 Å². The molecule has 8 heteroatoms. The molecule has 0 aliphatic rings. The van der Waals surface area contributed by atoms with Crippen molar-refractivity contribution >= 4 is 63.1 Å². The van der Waals surface area contributed by atoms with Crippen LogP contribution in [-0.2, 0) is 4.74 Å². The number of aromatic nitrogens is 1. The minimum atomic E-state index is -0.395. The number of carbonyl (C=O) groups is 1. The van der Waals surface area contributed by atoms with E-state index in [9.17, 15) is 10.1 Å². The van der Waals surface area contributed by atoms with Gasteiger partial charge in [-0.05, 0) is 71.2 Å². The Labute approximate surface area is 207 Å². The Hall–Kier alpha value is -3.02. The van der Waals surface area contributed by atoms with Crippen molar-refractivity contribution in [1.29, 1.82) is 5.26 Å². The third kappa shape index (κ3) is 3.96. The van der Waals surface area contributed by atoms with Crippen molar-refractivity contribution in [2.45, 2.75) is 4.90 Å². The number of nitriles is 1. The largest absolute Gasteiger partial charge is 0.465 e. The predicted octanol–water partition coefficient (Wildman–Crippen LogP) is 7.97. The fourth-order valence-corrected chi connectivity index (χ4v) is 6.34. The molecule has 2 aromatic carbocycles. The lowest BCUT2D eigenvalue weighted by Crippen LogP contribution is -2.01. The Morgan fingerprint density at radius 3 is 2.61 bits per heavy atom. The Balaban J connectivity index is 1.86. The highest BCUT2D eigenvalue weighted by atomic mass is 35.5. The second-order valence-corrected chi connectivity index (χ2v) is 10.4. The first-order valence-electron chi connectivity index (χ1n) is 9.83. The molecule has 0 spiro atoms. The average Bonchev–Trinajstić information content (AvgIpc) is 3.58. The van der Waals surface area contributed by atoms with Gasteiger partial charge in [-0.25, -0.2) is 4.79 Å². The summed E-state index contributed by atoms with van der Waals surface area (Å²) < 4.78 is 7.10. The summed E-state index contributed by atoms with van der Waals surface area (Å²) in [6.07, 6.45) is 0. The van der Waals surface area contributed by atoms with Crippen LogP contribution >= 0.6 is 46.2 Å². The van der Waals surface area contributed by atoms with Gasteiger partial charge in [-0.2, -0.15) is 5.26 Å². The Kier molecular flexibility index (Phi) is 6.00. The van der Waals surface area contributed by atoms with Crippen molar-refractivity contribution in [3.8, 4) is 27.8 Å². The maximum absolute atomic E-state index is 12.3. The van der Waals surface area contributed by atoms with E-state index in [2.05, 4.69) is 16.1 Å². The molecule has 3 aromatic heterocycles. The van der Waals surface area contributed by atoms with Crippen LogP contribution in [0.25, 0.3) is 32.6 Å². The van der Waals surface area contributed by atoms with Crippen LogP contribution in [0.15, 0.2) is 76.3 Å². The van der Waals surface area contributed by atoms with Gasteiger partial charge in [-0.3, -0.25) is 3.97 Å². The lowest BCUT2D eigenvalue weighted by molar-refractivity contribution is 0.0601. The topological polar surface area (TPSA) is 55.0 Å². The van der Waals surface area contributed by atoms with Crippen molar-refractivity contribution in [3.63, 3.8) is 0 Å². The molecule has 4 nitrogen and oxygen atoms in total. The van der Waals surface area contributed by atoms with Gasteiger partial charge in [0.15, 0.2) is 0 Å². The summed E-state index contributed by atoms with van der Waals surface area (Å²) in [6.45, 7) is 0. The predicted molar refractivity (Wildman–Crippen MR) is 137 cm³/mol. The first-order chi connectivity index (χ1) is 16.1. The van der Waals surface area contributed by atoms with E-state index in [-0.39, 0.29) is 0 Å². The van der Waals surface area contributed by atoms with E-state index in [0.717, 1.165) is 37.5 Å². The maximum Gasteiger partial charge on any atom is 0.337 e. The smallest absolute Gasteiger partial charge is 0.337 e. The number of thiophene rings is 2. The summed E-state index contributed by atoms with van der Waals surface area (Å²) in [6, 6.07) is 21.6. The first kappa shape index (κ1) is 21.8. The minimum absolute atomic E-state index is 0.395. The molecule has 0 saturated heterocycles. The second-order valence-electron chi connectivity index (χ2n) is 7.04. The number of rotatable bonds is 5. The molecule has 0 N–H and O–H groups in total. The molecule has 0 bridgehead atoms. The zero-order chi connectivity index (χ0) is 22.9. The van der Waals surface area contributed by atoms with Gasteiger partial charge < -0.3 is 4.74 Å². The number of hydrogen-bond acceptors (Lipinski definition) is 6. The summed E-state index contributed by atoms with van der Waals surface area (Å²) in [4.78, 5) is 15.0. The van der Waals surface area contributed by atoms with Gasteiger partial charge in [0.05, 0.1) is 28.8 Å². The number of ether oxygens (including phenoxy) is 1. The maximum atomic E-state index is 12.3. The van der Waals surface area contributed by atoms with Crippen molar-refractivity contribution in [3.05, 3.63) is 86.9 Å². The molecular formula is C25H15ClN2O2S3. The standard InChI is InChI=1S/C25H15ClN2O2S3/c1-30-25(29)15-4-9-18-20(13-15)28(33-17-7-5-16(26)6-8-17)24(21-3-2-11-31-21)23(18)19-10-12-32-22(19)14-27/h2-13H,1H3. The Morgan fingerprint density at radius 1 is 1.09 bits per heavy atom. The fourth-order valence-electron chi connectivity index (χ4n) is 3.70. The van der Waals surface area contributed by atoms with Crippen LogP contribution in [-0.4, -0.2) is 17.1 Å². The van der Waals surface area contributed by atoms with Crippen LogP contribution in [0.3, 0.4) is 0 Å². The molecular weight excluding hydrogens is 492 g/mol. The fraction of sp³-hybridized carbons (Fsp3) is 0.0400. The van der Waals surface area contributed by atoms with Gasteiger partial charge in [-0.1, -0.05) is 23.7 Å². The molecule has 162 valence electrons. The molecule has 0 fully saturated rings. The molecule has 0 unspecified atom stereocenters. The zero-order valence-corrected chi connectivity index (χ0v) is 20.4. The number of fused-ring (bicyclic) bond motifs is 1. The molecule has 0 saturated carbocycles. The second kappa shape index (κ2) is 9.08. The summed E-state index contributed by atoms with van der Waals surface area (Å²) in [5.41, 5.74) is 4.18. The molecule has 33 heavy (non-hydrogen) atoms. The van der Waals surface area contributed by atoms with Crippen molar-refractivity contribution < 1.29 is 9.53 Å². The molecule has 5 aromatic rings. The minimum Gasteiger partial charge on any atom is -0.465 e. The van der Waals surface area contributed by atoms with Crippen LogP contribution in [0.2, 0.25) is 5.02 Å². The Morgan fingerprint density at radius 2 is 1.91 bits per heavy atom. The molecule has 0 atom stereocenters. The number of nitrogens with zero attached hydrogens (tertiary/aromatic N) is 2. The molecule has 5 rings (SSSR count). The van der Waals surface area contributed by atoms with Gasteiger partial charge in [0.2, 0.25) is 0 Å². The quantitative estimate of drug-likeness (QED) is 0.227. The van der Waals surface area contributed by atoms with Gasteiger partial charge in [0, 0.05) is 26.4 Å². The molecule has 0 aliphatic carbocycles. The third-order valence-electron chi connectivity index (χ3n) is 5.15. The van der Waals surface area contributed by atoms with Crippen molar-refractivity contribution in [1.82, 2.24) is 3.97 Å². The van der Waals surface area contributed by atoms with Gasteiger partial charge in [-0.15, -0.1) is 22.7 Å². The number of hydrogen-bond donors (Lipinski definition) is 0. The van der Waals surface area contributed by atoms with E-state index < -0.39 is 5.97 Å². The molecule has 0 aliphatic heterocycles. The lowest BCUT2D eigenvalue weighted by Gasteiger charge is -2.11. The monoisotopic (exact) mass is 506 g/mol. The summed E-state index contributed by atoms with van der Waals surface area (Å²) >= 11 is 10.7. The van der Waals surface area contributed by atoms with E-state index in [1.54, 1.807) is 29.4 Å². The highest BCUT2D eigenvalue weighted by Crippen LogP contribution is 2.47. The lowest BCUT2D eigenvalue weighted by atomic mass is 10.0. The van der Waals surface area contributed by atoms with E-state index in [0.29, 0.717) is 15.5 Å². The van der Waals surface area contributed by atoms with E-state index in [4.69, 9.17) is 16.3 Å². The third-order valence-corrected chi connectivity index (χ3v) is 8.14. The first-order valence-corrected chi connectivity index (χ1v) is 12.7. The normalized spacial score (nSPS) is 10.9. The summed E-state index contributed by atoms with van der Waals surface area (Å²) in [5.74, 6) is -0.395. The average molecular weight is 507 g/mol. The van der Waals surface area contributed by atoms with Gasteiger partial charge in [0.1, 0.15) is 10.9 Å².